The Morgan fingerprint density at radius 1 is 1.10 bits per heavy atom. The second-order valence-electron chi connectivity index (χ2n) is 12.5. The van der Waals surface area contributed by atoms with Gasteiger partial charge in [-0.15, -0.1) is 0 Å². The number of halogens is 1. The molecule has 8 heteroatoms. The van der Waals surface area contributed by atoms with Crippen LogP contribution in [0.5, 0.6) is 0 Å². The Bertz CT molecular complexity index is 1240. The third kappa shape index (κ3) is 6.08. The Morgan fingerprint density at radius 3 is 2.68 bits per heavy atom. The van der Waals surface area contributed by atoms with E-state index in [1.165, 1.54) is 35.5 Å². The molecular weight excluding hydrogens is 519 g/mol. The Hall–Kier alpha value is -3.13. The molecule has 3 heterocycles. The van der Waals surface area contributed by atoms with E-state index in [1.807, 2.05) is 0 Å². The van der Waals surface area contributed by atoms with Gasteiger partial charge < -0.3 is 19.9 Å². The van der Waals surface area contributed by atoms with Crippen molar-refractivity contribution in [3.63, 3.8) is 0 Å². The van der Waals surface area contributed by atoms with Crippen molar-refractivity contribution in [3.8, 4) is 0 Å². The fourth-order valence-electron chi connectivity index (χ4n) is 7.47. The van der Waals surface area contributed by atoms with Crippen LogP contribution in [0.25, 0.3) is 0 Å². The summed E-state index contributed by atoms with van der Waals surface area (Å²) < 4.78 is 19.9. The number of ketones is 1. The molecule has 1 saturated heterocycles. The number of quaternary nitrogens is 1. The summed E-state index contributed by atoms with van der Waals surface area (Å²) in [4.78, 5) is 30.6. The largest absolute Gasteiger partial charge is 0.411 e. The fraction of sp³-hybridized carbons (Fsp3) is 0.576. The van der Waals surface area contributed by atoms with Gasteiger partial charge in [-0.1, -0.05) is 38.3 Å². The van der Waals surface area contributed by atoms with Crippen LogP contribution in [0.2, 0.25) is 0 Å². The van der Waals surface area contributed by atoms with Crippen molar-refractivity contribution in [3.05, 3.63) is 59.4 Å². The molecule has 0 aliphatic carbocycles. The van der Waals surface area contributed by atoms with E-state index in [-0.39, 0.29) is 23.1 Å². The molecule has 0 bridgehead atoms. The molecule has 1 fully saturated rings. The van der Waals surface area contributed by atoms with Crippen molar-refractivity contribution in [2.24, 2.45) is 0 Å². The molecule has 3 aliphatic rings. The van der Waals surface area contributed by atoms with Crippen LogP contribution < -0.4 is 15.1 Å². The van der Waals surface area contributed by atoms with Crippen molar-refractivity contribution < 1.29 is 23.2 Å². The molecule has 3 aliphatic heterocycles. The molecule has 2 aromatic rings. The summed E-state index contributed by atoms with van der Waals surface area (Å²) in [6.45, 7) is 10.00. The van der Waals surface area contributed by atoms with Gasteiger partial charge in [0.2, 0.25) is 6.73 Å². The molecule has 2 aromatic carbocycles. The van der Waals surface area contributed by atoms with Crippen LogP contribution in [0.1, 0.15) is 74.7 Å². The van der Waals surface area contributed by atoms with E-state index in [9.17, 15) is 14.0 Å². The number of amides is 1. The minimum Gasteiger partial charge on any atom is -0.399 e. The number of rotatable bonds is 12. The molecule has 5 rings (SSSR count). The number of carbonyl (C=O) groups is 2. The van der Waals surface area contributed by atoms with E-state index >= 15 is 0 Å². The van der Waals surface area contributed by atoms with Gasteiger partial charge in [0.15, 0.2) is 5.78 Å². The SMILES string of the molecule is CCCCCCNC(=O)OC[N+]1(CCCC(=O)c2ccc(F)cc2)CC[C@@H]2N3CCN(C)c4cccc(c43)[C@]2(C)C1. The van der Waals surface area contributed by atoms with Crippen LogP contribution in [0, 0.1) is 5.82 Å². The zero-order valence-electron chi connectivity index (χ0n) is 25.0. The Morgan fingerprint density at radius 2 is 1.90 bits per heavy atom. The van der Waals surface area contributed by atoms with Crippen LogP contribution in [0.3, 0.4) is 0 Å². The van der Waals surface area contributed by atoms with E-state index < -0.39 is 0 Å². The van der Waals surface area contributed by atoms with Gasteiger partial charge in [-0.2, -0.15) is 0 Å². The van der Waals surface area contributed by atoms with Crippen molar-refractivity contribution in [1.82, 2.24) is 5.32 Å². The predicted octanol–water partition coefficient (Wildman–Crippen LogP) is 5.87. The van der Waals surface area contributed by atoms with Gasteiger partial charge >= 0.3 is 6.09 Å². The monoisotopic (exact) mass is 565 g/mol. The molecule has 0 saturated carbocycles. The van der Waals surface area contributed by atoms with E-state index in [4.69, 9.17) is 4.74 Å². The third-order valence-corrected chi connectivity index (χ3v) is 9.63. The van der Waals surface area contributed by atoms with Crippen LogP contribution >= 0.6 is 0 Å². The second-order valence-corrected chi connectivity index (χ2v) is 12.5. The van der Waals surface area contributed by atoms with Crippen LogP contribution in [0.4, 0.5) is 20.6 Å². The number of ether oxygens (including phenoxy) is 1. The summed E-state index contributed by atoms with van der Waals surface area (Å²) in [7, 11) is 2.17. The maximum Gasteiger partial charge on any atom is 0.411 e. The number of fused-ring (bicyclic) bond motifs is 3. The average molecular weight is 566 g/mol. The molecule has 3 atom stereocenters. The number of hydrogen-bond acceptors (Lipinski definition) is 5. The quantitative estimate of drug-likeness (QED) is 0.198. The highest BCUT2D eigenvalue weighted by Crippen LogP contribution is 2.54. The van der Waals surface area contributed by atoms with Gasteiger partial charge in [0.05, 0.1) is 36.4 Å². The number of piperidine rings is 1. The Kier molecular flexibility index (Phi) is 8.88. The first-order valence-electron chi connectivity index (χ1n) is 15.4. The number of benzene rings is 2. The summed E-state index contributed by atoms with van der Waals surface area (Å²) >= 11 is 0. The Labute approximate surface area is 244 Å². The number of anilines is 2. The number of likely N-dealkylation sites (tertiary alicyclic amines) is 1. The third-order valence-electron chi connectivity index (χ3n) is 9.63. The molecule has 0 spiro atoms. The minimum atomic E-state index is -0.357. The maximum atomic E-state index is 13.4. The number of alkyl carbamates (subject to hydrolysis) is 1. The highest BCUT2D eigenvalue weighted by atomic mass is 19.1. The lowest BCUT2D eigenvalue weighted by Gasteiger charge is -2.51. The summed E-state index contributed by atoms with van der Waals surface area (Å²) in [5.74, 6) is -0.321. The molecule has 222 valence electrons. The van der Waals surface area contributed by atoms with Crippen LogP contribution in [-0.2, 0) is 10.2 Å². The van der Waals surface area contributed by atoms with E-state index in [0.717, 1.165) is 58.4 Å². The molecule has 1 unspecified atom stereocenters. The zero-order chi connectivity index (χ0) is 29.0. The standard InChI is InChI=1S/C33H45FN4O3/c1-4-5-6-7-18-35-32(40)41-24-38(21-9-12-29(39)25-13-15-26(34)16-14-25)22-17-30-33(2,23-38)27-10-8-11-28-31(27)37(30)20-19-36(28)3/h8,10-11,13-16,30H,4-7,9,12,17-24H2,1-3H3/p+1/t30-,33-,38?/m0/s1. The first kappa shape index (κ1) is 29.4. The van der Waals surface area contributed by atoms with Gasteiger partial charge in [0.1, 0.15) is 5.82 Å². The molecular formula is C33H46FN4O3+. The number of carbonyl (C=O) groups excluding carboxylic acids is 2. The molecule has 0 radical (unpaired) electrons. The summed E-state index contributed by atoms with van der Waals surface area (Å²) in [5.41, 5.74) is 4.50. The van der Waals surface area contributed by atoms with Crippen LogP contribution in [0.15, 0.2) is 42.5 Å². The van der Waals surface area contributed by atoms with Gasteiger partial charge in [-0.05, 0) is 49.2 Å². The molecule has 0 aromatic heterocycles. The van der Waals surface area contributed by atoms with Crippen molar-refractivity contribution in [2.75, 3.05) is 62.8 Å². The highest BCUT2D eigenvalue weighted by molar-refractivity contribution is 5.95. The van der Waals surface area contributed by atoms with Gasteiger partial charge in [-0.3, -0.25) is 9.28 Å². The van der Waals surface area contributed by atoms with Crippen molar-refractivity contribution in [2.45, 2.75) is 70.3 Å². The second kappa shape index (κ2) is 12.4. The average Bonchev–Trinajstić information content (AvgIpc) is 3.22. The number of unbranched alkanes of at least 4 members (excludes halogenated alkanes) is 3. The predicted molar refractivity (Wildman–Crippen MR) is 161 cm³/mol. The summed E-state index contributed by atoms with van der Waals surface area (Å²) in [6.07, 6.45) is 6.09. The van der Waals surface area contributed by atoms with Gasteiger partial charge in [0.25, 0.3) is 0 Å². The van der Waals surface area contributed by atoms with Gasteiger partial charge in [0, 0.05) is 57.5 Å². The van der Waals surface area contributed by atoms with E-state index in [0.29, 0.717) is 42.2 Å². The number of nitrogens with zero attached hydrogens (tertiary/aromatic N) is 3. The van der Waals surface area contributed by atoms with Gasteiger partial charge in [-0.25, -0.2) is 9.18 Å². The molecule has 1 N–H and O–H groups in total. The number of para-hydroxylation sites is 1. The van der Waals surface area contributed by atoms with Crippen molar-refractivity contribution in [1.29, 1.82) is 0 Å². The lowest BCUT2D eigenvalue weighted by Crippen LogP contribution is -2.66. The lowest BCUT2D eigenvalue weighted by atomic mass is 9.73. The number of hydrogen-bond donors (Lipinski definition) is 1. The lowest BCUT2D eigenvalue weighted by molar-refractivity contribution is -0.951. The zero-order valence-corrected chi connectivity index (χ0v) is 25.0. The molecule has 1 amide bonds. The maximum absolute atomic E-state index is 13.4. The first-order valence-corrected chi connectivity index (χ1v) is 15.4. The molecule has 41 heavy (non-hydrogen) atoms. The van der Waals surface area contributed by atoms with E-state index in [2.05, 4.69) is 54.2 Å². The van der Waals surface area contributed by atoms with Crippen LogP contribution in [-0.4, -0.2) is 75.4 Å². The van der Waals surface area contributed by atoms with Crippen molar-refractivity contribution >= 4 is 23.3 Å². The van der Waals surface area contributed by atoms with E-state index in [1.54, 1.807) is 12.1 Å². The summed E-state index contributed by atoms with van der Waals surface area (Å²) in [6, 6.07) is 12.9. The molecule has 7 nitrogen and oxygen atoms in total. The Balaban J connectivity index is 1.31. The first-order chi connectivity index (χ1) is 19.8. The summed E-state index contributed by atoms with van der Waals surface area (Å²) in [5, 5.41) is 2.94. The number of likely N-dealkylation sites (N-methyl/N-ethyl adjacent to an activating group) is 1. The topological polar surface area (TPSA) is 61.9 Å². The smallest absolute Gasteiger partial charge is 0.399 e. The minimum absolute atomic E-state index is 0.0194. The highest BCUT2D eigenvalue weighted by Gasteiger charge is 2.57. The number of Topliss-reactive ketones (excluding diaryl/α,β-unsaturated/α-hetero) is 1. The number of nitrogens with one attached hydrogen (secondary N) is 1. The fourth-order valence-corrected chi connectivity index (χ4v) is 7.47. The normalized spacial score (nSPS) is 24.5.